The van der Waals surface area contributed by atoms with Crippen molar-refractivity contribution in [1.29, 1.82) is 0 Å². The van der Waals surface area contributed by atoms with Crippen LogP contribution >= 0.6 is 0 Å². The lowest BCUT2D eigenvalue weighted by molar-refractivity contribution is 0.511. The summed E-state index contributed by atoms with van der Waals surface area (Å²) in [7, 11) is 0. The molecule has 88 valence electrons. The van der Waals surface area contributed by atoms with Gasteiger partial charge in [0.15, 0.2) is 0 Å². The van der Waals surface area contributed by atoms with Gasteiger partial charge in [-0.2, -0.15) is 0 Å². The average Bonchev–Trinajstić information content (AvgIpc) is 2.74. The molecule has 0 aliphatic heterocycles. The van der Waals surface area contributed by atoms with Crippen LogP contribution in [0.25, 0.3) is 0 Å². The van der Waals surface area contributed by atoms with Crippen molar-refractivity contribution in [3.8, 4) is 0 Å². The molecule has 3 rings (SSSR count). The van der Waals surface area contributed by atoms with E-state index in [1.807, 2.05) is 6.20 Å². The van der Waals surface area contributed by atoms with E-state index in [9.17, 15) is 0 Å². The second kappa shape index (κ2) is 4.24. The molecule has 1 N–H and O–H groups in total. The summed E-state index contributed by atoms with van der Waals surface area (Å²) in [5.41, 5.74) is 3.01. The first kappa shape index (κ1) is 10.4. The van der Waals surface area contributed by atoms with Crippen molar-refractivity contribution in [2.45, 2.75) is 25.8 Å². The highest BCUT2D eigenvalue weighted by atomic mass is 15.2. The van der Waals surface area contributed by atoms with E-state index in [2.05, 4.69) is 52.3 Å². The highest BCUT2D eigenvalue weighted by Crippen LogP contribution is 2.36. The third-order valence-electron chi connectivity index (χ3n) is 3.43. The smallest absolute Gasteiger partial charge is 0.202 e. The Balaban J connectivity index is 1.75. The first-order chi connectivity index (χ1) is 8.38. The van der Waals surface area contributed by atoms with E-state index in [1.54, 1.807) is 0 Å². The van der Waals surface area contributed by atoms with Crippen molar-refractivity contribution in [2.24, 2.45) is 0 Å². The normalized spacial score (nSPS) is 17.4. The largest absolute Gasteiger partial charge is 0.356 e. The SMILES string of the molecule is CCNc1nccn1CC1Cc2ccccc21. The van der Waals surface area contributed by atoms with Crippen molar-refractivity contribution in [1.82, 2.24) is 9.55 Å². The van der Waals surface area contributed by atoms with Crippen molar-refractivity contribution in [2.75, 3.05) is 11.9 Å². The fourth-order valence-corrected chi connectivity index (χ4v) is 2.54. The quantitative estimate of drug-likeness (QED) is 0.870. The monoisotopic (exact) mass is 227 g/mol. The number of nitrogens with zero attached hydrogens (tertiary/aromatic N) is 2. The zero-order valence-corrected chi connectivity index (χ0v) is 10.1. The molecular formula is C14H17N3. The molecule has 1 aromatic carbocycles. The summed E-state index contributed by atoms with van der Waals surface area (Å²) in [5, 5.41) is 3.29. The van der Waals surface area contributed by atoms with E-state index in [0.717, 1.165) is 19.0 Å². The van der Waals surface area contributed by atoms with Crippen molar-refractivity contribution < 1.29 is 0 Å². The highest BCUT2D eigenvalue weighted by Gasteiger charge is 2.25. The fraction of sp³-hybridized carbons (Fsp3) is 0.357. The summed E-state index contributed by atoms with van der Waals surface area (Å²) in [6.45, 7) is 4.04. The maximum atomic E-state index is 4.33. The van der Waals surface area contributed by atoms with Crippen LogP contribution in [0.4, 0.5) is 5.95 Å². The topological polar surface area (TPSA) is 29.9 Å². The van der Waals surface area contributed by atoms with Crippen molar-refractivity contribution >= 4 is 5.95 Å². The Hall–Kier alpha value is -1.77. The molecule has 1 heterocycles. The molecule has 0 amide bonds. The summed E-state index contributed by atoms with van der Waals surface area (Å²) in [5.74, 6) is 1.63. The van der Waals surface area contributed by atoms with Crippen LogP contribution < -0.4 is 5.32 Å². The van der Waals surface area contributed by atoms with Gasteiger partial charge in [-0.15, -0.1) is 0 Å². The number of nitrogens with one attached hydrogen (secondary N) is 1. The summed E-state index contributed by atoms with van der Waals surface area (Å²) < 4.78 is 2.21. The van der Waals surface area contributed by atoms with Gasteiger partial charge >= 0.3 is 0 Å². The van der Waals surface area contributed by atoms with E-state index < -0.39 is 0 Å². The van der Waals surface area contributed by atoms with E-state index in [1.165, 1.54) is 17.5 Å². The molecule has 2 aromatic rings. The standard InChI is InChI=1S/C14H17N3/c1-2-15-14-16-7-8-17(14)10-12-9-11-5-3-4-6-13(11)12/h3-8,12H,2,9-10H2,1H3,(H,15,16). The number of imidazole rings is 1. The van der Waals surface area contributed by atoms with Gasteiger partial charge in [0.05, 0.1) is 0 Å². The molecule has 0 saturated heterocycles. The van der Waals surface area contributed by atoms with Gasteiger partial charge in [0.2, 0.25) is 5.95 Å². The number of hydrogen-bond acceptors (Lipinski definition) is 2. The first-order valence-corrected chi connectivity index (χ1v) is 6.21. The molecular weight excluding hydrogens is 210 g/mol. The van der Waals surface area contributed by atoms with Crippen molar-refractivity contribution in [3.05, 3.63) is 47.8 Å². The Morgan fingerprint density at radius 1 is 1.41 bits per heavy atom. The van der Waals surface area contributed by atoms with Crippen molar-refractivity contribution in [3.63, 3.8) is 0 Å². The molecule has 1 unspecified atom stereocenters. The average molecular weight is 227 g/mol. The Morgan fingerprint density at radius 2 is 2.29 bits per heavy atom. The highest BCUT2D eigenvalue weighted by molar-refractivity contribution is 5.40. The molecule has 3 nitrogen and oxygen atoms in total. The van der Waals surface area contributed by atoms with Crippen LogP contribution in [0.1, 0.15) is 24.0 Å². The van der Waals surface area contributed by atoms with E-state index in [-0.39, 0.29) is 0 Å². The second-order valence-electron chi connectivity index (χ2n) is 4.53. The fourth-order valence-electron chi connectivity index (χ4n) is 2.54. The summed E-state index contributed by atoms with van der Waals surface area (Å²) in [6.07, 6.45) is 5.11. The third kappa shape index (κ3) is 1.82. The number of rotatable bonds is 4. The predicted molar refractivity (Wildman–Crippen MR) is 69.3 cm³/mol. The summed E-state index contributed by atoms with van der Waals surface area (Å²) in [4.78, 5) is 4.33. The minimum absolute atomic E-state index is 0.651. The van der Waals surface area contributed by atoms with Crippen LogP contribution in [0, 0.1) is 0 Å². The van der Waals surface area contributed by atoms with Crippen LogP contribution in [0.3, 0.4) is 0 Å². The molecule has 1 aromatic heterocycles. The molecule has 1 aliphatic carbocycles. The van der Waals surface area contributed by atoms with Gasteiger partial charge < -0.3 is 9.88 Å². The summed E-state index contributed by atoms with van der Waals surface area (Å²) in [6, 6.07) is 8.72. The molecule has 3 heteroatoms. The zero-order chi connectivity index (χ0) is 11.7. The molecule has 0 fully saturated rings. The van der Waals surface area contributed by atoms with Crippen LogP contribution in [0.2, 0.25) is 0 Å². The van der Waals surface area contributed by atoms with Crippen LogP contribution in [-0.2, 0) is 13.0 Å². The minimum atomic E-state index is 0.651. The first-order valence-electron chi connectivity index (χ1n) is 6.21. The number of aromatic nitrogens is 2. The Bertz CT molecular complexity index is 516. The predicted octanol–water partition coefficient (Wildman–Crippen LogP) is 2.65. The maximum absolute atomic E-state index is 4.33. The van der Waals surface area contributed by atoms with E-state index >= 15 is 0 Å². The Morgan fingerprint density at radius 3 is 3.12 bits per heavy atom. The molecule has 0 spiro atoms. The second-order valence-corrected chi connectivity index (χ2v) is 4.53. The number of benzene rings is 1. The molecule has 1 aliphatic rings. The number of hydrogen-bond donors (Lipinski definition) is 1. The maximum Gasteiger partial charge on any atom is 0.202 e. The zero-order valence-electron chi connectivity index (χ0n) is 10.1. The molecule has 1 atom stereocenters. The van der Waals surface area contributed by atoms with E-state index in [0.29, 0.717) is 5.92 Å². The van der Waals surface area contributed by atoms with Gasteiger partial charge in [0.25, 0.3) is 0 Å². The molecule has 0 bridgehead atoms. The van der Waals surface area contributed by atoms with Gasteiger partial charge in [0, 0.05) is 31.4 Å². The van der Waals surface area contributed by atoms with Gasteiger partial charge in [-0.1, -0.05) is 24.3 Å². The number of anilines is 1. The van der Waals surface area contributed by atoms with Gasteiger partial charge in [0.1, 0.15) is 0 Å². The molecule has 17 heavy (non-hydrogen) atoms. The van der Waals surface area contributed by atoms with Crippen LogP contribution in [-0.4, -0.2) is 16.1 Å². The third-order valence-corrected chi connectivity index (χ3v) is 3.43. The van der Waals surface area contributed by atoms with Gasteiger partial charge in [-0.05, 0) is 24.5 Å². The Labute approximate surface area is 101 Å². The molecule has 0 radical (unpaired) electrons. The minimum Gasteiger partial charge on any atom is -0.356 e. The van der Waals surface area contributed by atoms with E-state index in [4.69, 9.17) is 0 Å². The number of fused-ring (bicyclic) bond motifs is 1. The van der Waals surface area contributed by atoms with Crippen LogP contribution in [0.15, 0.2) is 36.7 Å². The van der Waals surface area contributed by atoms with Gasteiger partial charge in [-0.25, -0.2) is 4.98 Å². The lowest BCUT2D eigenvalue weighted by Crippen LogP contribution is -2.22. The summed E-state index contributed by atoms with van der Waals surface area (Å²) >= 11 is 0. The lowest BCUT2D eigenvalue weighted by Gasteiger charge is -2.30. The Kier molecular flexibility index (Phi) is 2.59. The lowest BCUT2D eigenvalue weighted by atomic mass is 9.77. The molecule has 0 saturated carbocycles. The van der Waals surface area contributed by atoms with Crippen LogP contribution in [0.5, 0.6) is 0 Å². The van der Waals surface area contributed by atoms with Gasteiger partial charge in [-0.3, -0.25) is 0 Å².